The lowest BCUT2D eigenvalue weighted by Gasteiger charge is -2.11. The summed E-state index contributed by atoms with van der Waals surface area (Å²) in [6, 6.07) is 16.7. The van der Waals surface area contributed by atoms with Crippen LogP contribution in [0.5, 0.6) is 0 Å². The van der Waals surface area contributed by atoms with Crippen molar-refractivity contribution in [3.63, 3.8) is 0 Å². The van der Waals surface area contributed by atoms with E-state index >= 15 is 0 Å². The second kappa shape index (κ2) is 9.11. The van der Waals surface area contributed by atoms with Crippen molar-refractivity contribution < 1.29 is 14.7 Å². The van der Waals surface area contributed by atoms with Gasteiger partial charge in [0.1, 0.15) is 17.0 Å². The van der Waals surface area contributed by atoms with E-state index in [9.17, 15) is 9.59 Å². The molecule has 9 heteroatoms. The third kappa shape index (κ3) is 4.65. The summed E-state index contributed by atoms with van der Waals surface area (Å²) >= 11 is 7.25. The summed E-state index contributed by atoms with van der Waals surface area (Å²) in [6.07, 6.45) is 3.18. The zero-order valence-electron chi connectivity index (χ0n) is 15.9. The Labute approximate surface area is 186 Å². The SMILES string of the molecule is O=C(CSc1ncncc1-c1cccc2ccccc12)Nc1ccc(C(=O)O)nc1Cl. The van der Waals surface area contributed by atoms with Crippen molar-refractivity contribution in [3.8, 4) is 11.1 Å². The monoisotopic (exact) mass is 450 g/mol. The minimum Gasteiger partial charge on any atom is -0.477 e. The molecule has 2 N–H and O–H groups in total. The van der Waals surface area contributed by atoms with Crippen LogP contribution in [0, 0.1) is 0 Å². The fraction of sp³-hybridized carbons (Fsp3) is 0.0455. The van der Waals surface area contributed by atoms with Crippen LogP contribution in [0.4, 0.5) is 5.69 Å². The van der Waals surface area contributed by atoms with Gasteiger partial charge in [-0.1, -0.05) is 65.8 Å². The van der Waals surface area contributed by atoms with Crippen LogP contribution in [0.3, 0.4) is 0 Å². The number of carboxylic acids is 1. The van der Waals surface area contributed by atoms with Crippen LogP contribution in [0.25, 0.3) is 21.9 Å². The molecule has 0 unspecified atom stereocenters. The molecule has 0 atom stereocenters. The average molecular weight is 451 g/mol. The van der Waals surface area contributed by atoms with Crippen LogP contribution in [0.1, 0.15) is 10.5 Å². The third-order valence-corrected chi connectivity index (χ3v) is 5.73. The van der Waals surface area contributed by atoms with E-state index in [2.05, 4.69) is 20.3 Å². The van der Waals surface area contributed by atoms with Crippen molar-refractivity contribution >= 4 is 51.7 Å². The van der Waals surface area contributed by atoms with Crippen LogP contribution in [-0.2, 0) is 4.79 Å². The lowest BCUT2D eigenvalue weighted by atomic mass is 10.0. The summed E-state index contributed by atoms with van der Waals surface area (Å²) in [7, 11) is 0. The van der Waals surface area contributed by atoms with Gasteiger partial charge in [0.15, 0.2) is 5.15 Å². The highest BCUT2D eigenvalue weighted by atomic mass is 35.5. The van der Waals surface area contributed by atoms with Gasteiger partial charge in [-0.25, -0.2) is 19.7 Å². The number of rotatable bonds is 6. The standard InChI is InChI=1S/C22H15ClN4O3S/c23-20-17(8-9-18(27-20)22(29)30)26-19(28)11-31-21-16(10-24-12-25-21)15-7-3-5-13-4-1-2-6-14(13)15/h1-10,12H,11H2,(H,26,28)(H,29,30). The van der Waals surface area contributed by atoms with Gasteiger partial charge in [0.2, 0.25) is 5.91 Å². The molecule has 31 heavy (non-hydrogen) atoms. The Bertz CT molecular complexity index is 1290. The Morgan fingerprint density at radius 1 is 1.03 bits per heavy atom. The van der Waals surface area contributed by atoms with E-state index in [1.165, 1.54) is 30.2 Å². The van der Waals surface area contributed by atoms with Crippen molar-refractivity contribution in [2.45, 2.75) is 5.03 Å². The summed E-state index contributed by atoms with van der Waals surface area (Å²) in [5.74, 6) is -1.44. The summed E-state index contributed by atoms with van der Waals surface area (Å²) in [6.45, 7) is 0. The topological polar surface area (TPSA) is 105 Å². The number of fused-ring (bicyclic) bond motifs is 1. The van der Waals surface area contributed by atoms with Crippen molar-refractivity contribution in [3.05, 3.63) is 78.0 Å². The Morgan fingerprint density at radius 3 is 2.65 bits per heavy atom. The number of nitrogens with zero attached hydrogens (tertiary/aromatic N) is 3. The van der Waals surface area contributed by atoms with Crippen LogP contribution >= 0.6 is 23.4 Å². The van der Waals surface area contributed by atoms with E-state index in [1.807, 2.05) is 42.5 Å². The van der Waals surface area contributed by atoms with Gasteiger partial charge in [0.25, 0.3) is 0 Å². The number of carbonyl (C=O) groups excluding carboxylic acids is 1. The van der Waals surface area contributed by atoms with Gasteiger partial charge >= 0.3 is 5.97 Å². The second-order valence-electron chi connectivity index (χ2n) is 6.45. The molecule has 0 aliphatic heterocycles. The normalized spacial score (nSPS) is 10.7. The summed E-state index contributed by atoms with van der Waals surface area (Å²) in [5, 5.41) is 14.4. The van der Waals surface area contributed by atoms with Crippen molar-refractivity contribution in [2.75, 3.05) is 11.1 Å². The van der Waals surface area contributed by atoms with E-state index in [0.717, 1.165) is 21.9 Å². The molecule has 0 fully saturated rings. The molecule has 4 rings (SSSR count). The maximum Gasteiger partial charge on any atom is 0.354 e. The van der Waals surface area contributed by atoms with Crippen LogP contribution in [-0.4, -0.2) is 37.7 Å². The van der Waals surface area contributed by atoms with E-state index in [1.54, 1.807) is 6.20 Å². The number of nitrogens with one attached hydrogen (secondary N) is 1. The first kappa shape index (κ1) is 20.8. The molecule has 154 valence electrons. The first-order chi connectivity index (χ1) is 15.0. The fourth-order valence-electron chi connectivity index (χ4n) is 3.05. The maximum absolute atomic E-state index is 12.4. The Morgan fingerprint density at radius 2 is 1.84 bits per heavy atom. The van der Waals surface area contributed by atoms with Crippen LogP contribution in [0.2, 0.25) is 5.15 Å². The van der Waals surface area contributed by atoms with Crippen LogP contribution < -0.4 is 5.32 Å². The number of carboxylic acid groups (broad SMARTS) is 1. The molecule has 0 saturated heterocycles. The number of halogens is 1. The Hall–Kier alpha value is -3.49. The van der Waals surface area contributed by atoms with Gasteiger partial charge in [-0.3, -0.25) is 4.79 Å². The second-order valence-corrected chi connectivity index (χ2v) is 7.77. The average Bonchev–Trinajstić information content (AvgIpc) is 2.79. The molecular weight excluding hydrogens is 436 g/mol. The van der Waals surface area contributed by atoms with Gasteiger partial charge in [-0.05, 0) is 28.5 Å². The molecule has 7 nitrogen and oxygen atoms in total. The number of hydrogen-bond acceptors (Lipinski definition) is 6. The van der Waals surface area contributed by atoms with Gasteiger partial charge in [0.05, 0.1) is 11.4 Å². The lowest BCUT2D eigenvalue weighted by molar-refractivity contribution is -0.113. The molecule has 0 bridgehead atoms. The van der Waals surface area contributed by atoms with E-state index in [4.69, 9.17) is 16.7 Å². The first-order valence-electron chi connectivity index (χ1n) is 9.13. The predicted molar refractivity (Wildman–Crippen MR) is 121 cm³/mol. The van der Waals surface area contributed by atoms with Crippen molar-refractivity contribution in [1.82, 2.24) is 15.0 Å². The highest BCUT2D eigenvalue weighted by Crippen LogP contribution is 2.34. The third-order valence-electron chi connectivity index (χ3n) is 4.44. The number of pyridine rings is 1. The Kier molecular flexibility index (Phi) is 6.11. The zero-order valence-corrected chi connectivity index (χ0v) is 17.5. The van der Waals surface area contributed by atoms with Crippen LogP contribution in [0.15, 0.2) is 72.1 Å². The van der Waals surface area contributed by atoms with E-state index in [-0.39, 0.29) is 28.2 Å². The van der Waals surface area contributed by atoms with Gasteiger partial charge in [-0.2, -0.15) is 0 Å². The van der Waals surface area contributed by atoms with Gasteiger partial charge in [-0.15, -0.1) is 0 Å². The molecule has 1 amide bonds. The van der Waals surface area contributed by atoms with Crippen molar-refractivity contribution in [1.29, 1.82) is 0 Å². The number of aromatic carboxylic acids is 1. The highest BCUT2D eigenvalue weighted by molar-refractivity contribution is 8.00. The molecule has 0 aliphatic carbocycles. The number of carbonyl (C=O) groups is 2. The predicted octanol–water partition coefficient (Wildman–Crippen LogP) is 4.77. The number of aromatic nitrogens is 3. The quantitative estimate of drug-likeness (QED) is 0.247. The molecule has 4 aromatic rings. The molecule has 0 saturated carbocycles. The molecule has 2 aromatic carbocycles. The fourth-order valence-corrected chi connectivity index (χ4v) is 4.03. The number of hydrogen-bond donors (Lipinski definition) is 2. The van der Waals surface area contributed by atoms with E-state index < -0.39 is 5.97 Å². The molecule has 0 aliphatic rings. The maximum atomic E-state index is 12.4. The largest absolute Gasteiger partial charge is 0.477 e. The summed E-state index contributed by atoms with van der Waals surface area (Å²) in [5.41, 5.74) is 1.87. The van der Waals surface area contributed by atoms with E-state index in [0.29, 0.717) is 5.03 Å². The number of anilines is 1. The van der Waals surface area contributed by atoms with Crippen molar-refractivity contribution in [2.24, 2.45) is 0 Å². The number of amides is 1. The molecular formula is C22H15ClN4O3S. The molecule has 0 radical (unpaired) electrons. The number of benzene rings is 2. The molecule has 0 spiro atoms. The zero-order chi connectivity index (χ0) is 21.8. The molecule has 2 heterocycles. The Balaban J connectivity index is 1.52. The van der Waals surface area contributed by atoms with Gasteiger partial charge < -0.3 is 10.4 Å². The first-order valence-corrected chi connectivity index (χ1v) is 10.5. The highest BCUT2D eigenvalue weighted by Gasteiger charge is 2.14. The minimum atomic E-state index is -1.19. The minimum absolute atomic E-state index is 0.0752. The smallest absolute Gasteiger partial charge is 0.354 e. The number of thioether (sulfide) groups is 1. The lowest BCUT2D eigenvalue weighted by Crippen LogP contribution is -2.15. The molecule has 2 aromatic heterocycles. The summed E-state index contributed by atoms with van der Waals surface area (Å²) < 4.78 is 0. The van der Waals surface area contributed by atoms with Gasteiger partial charge in [0, 0.05) is 11.8 Å². The summed E-state index contributed by atoms with van der Waals surface area (Å²) in [4.78, 5) is 35.7.